The maximum atomic E-state index is 13.3. The Hall–Kier alpha value is -3.44. The van der Waals surface area contributed by atoms with Gasteiger partial charge >= 0.3 is 0 Å². The number of nitrogens with one attached hydrogen (secondary N) is 2. The molecule has 4 rings (SSSR count). The van der Waals surface area contributed by atoms with Crippen LogP contribution in [-0.2, 0) is 0 Å². The van der Waals surface area contributed by atoms with Crippen molar-refractivity contribution < 1.29 is 9.53 Å². The van der Waals surface area contributed by atoms with Crippen molar-refractivity contribution in [3.05, 3.63) is 108 Å². The van der Waals surface area contributed by atoms with Gasteiger partial charge in [-0.3, -0.25) is 4.79 Å². The van der Waals surface area contributed by atoms with Crippen LogP contribution in [0.4, 0.5) is 0 Å². The molecule has 1 saturated heterocycles. The molecular weight excluding hydrogens is 380 g/mol. The highest BCUT2D eigenvalue weighted by molar-refractivity contribution is 7.80. The van der Waals surface area contributed by atoms with E-state index in [1.807, 2.05) is 84.9 Å². The molecule has 1 aliphatic rings. The van der Waals surface area contributed by atoms with Crippen molar-refractivity contribution in [3.63, 3.8) is 0 Å². The number of hydrogen-bond donors (Lipinski definition) is 2. The van der Waals surface area contributed by atoms with Gasteiger partial charge in [0.1, 0.15) is 11.5 Å². The van der Waals surface area contributed by atoms with E-state index in [2.05, 4.69) is 17.2 Å². The lowest BCUT2D eigenvalue weighted by molar-refractivity contribution is 0.0912. The van der Waals surface area contributed by atoms with Crippen LogP contribution in [-0.4, -0.2) is 10.9 Å². The SMILES string of the molecule is C=C1NC(=S)N[C@H](c2cccc(Oc3ccccc3)c2)[C@@H]1C(=O)c1ccccc1. The molecule has 0 bridgehead atoms. The van der Waals surface area contributed by atoms with Gasteiger partial charge in [0.2, 0.25) is 0 Å². The molecule has 2 atom stereocenters. The zero-order valence-electron chi connectivity index (χ0n) is 15.7. The number of hydrogen-bond acceptors (Lipinski definition) is 3. The second-order valence-corrected chi connectivity index (χ2v) is 7.21. The van der Waals surface area contributed by atoms with Gasteiger partial charge in [-0.1, -0.05) is 67.2 Å². The number of ketones is 1. The third-order valence-electron chi connectivity index (χ3n) is 4.81. The van der Waals surface area contributed by atoms with Crippen molar-refractivity contribution in [2.45, 2.75) is 6.04 Å². The predicted molar refractivity (Wildman–Crippen MR) is 118 cm³/mol. The molecule has 3 aromatic carbocycles. The molecule has 0 radical (unpaired) electrons. The van der Waals surface area contributed by atoms with Gasteiger partial charge < -0.3 is 15.4 Å². The van der Waals surface area contributed by atoms with Gasteiger partial charge in [-0.2, -0.15) is 0 Å². The number of carbonyl (C=O) groups is 1. The minimum absolute atomic E-state index is 0.0162. The fourth-order valence-electron chi connectivity index (χ4n) is 3.45. The second kappa shape index (κ2) is 8.29. The molecule has 0 saturated carbocycles. The van der Waals surface area contributed by atoms with E-state index in [1.54, 1.807) is 0 Å². The van der Waals surface area contributed by atoms with E-state index in [1.165, 1.54) is 0 Å². The summed E-state index contributed by atoms with van der Waals surface area (Å²) in [6.45, 7) is 4.07. The van der Waals surface area contributed by atoms with Crippen LogP contribution >= 0.6 is 12.2 Å². The molecule has 4 nitrogen and oxygen atoms in total. The maximum Gasteiger partial charge on any atom is 0.174 e. The highest BCUT2D eigenvalue weighted by atomic mass is 32.1. The molecule has 29 heavy (non-hydrogen) atoms. The van der Waals surface area contributed by atoms with E-state index in [0.29, 0.717) is 22.1 Å². The Morgan fingerprint density at radius 3 is 2.28 bits per heavy atom. The topological polar surface area (TPSA) is 50.4 Å². The summed E-state index contributed by atoms with van der Waals surface area (Å²) in [5.41, 5.74) is 2.12. The van der Waals surface area contributed by atoms with Crippen molar-refractivity contribution in [2.75, 3.05) is 0 Å². The highest BCUT2D eigenvalue weighted by Crippen LogP contribution is 2.34. The van der Waals surface area contributed by atoms with E-state index >= 15 is 0 Å². The van der Waals surface area contributed by atoms with Gasteiger partial charge in [-0.05, 0) is 42.0 Å². The first kappa shape index (κ1) is 18.9. The monoisotopic (exact) mass is 400 g/mol. The number of para-hydroxylation sites is 1. The van der Waals surface area contributed by atoms with Gasteiger partial charge in [0, 0.05) is 11.3 Å². The summed E-state index contributed by atoms with van der Waals surface area (Å²) in [5, 5.41) is 6.70. The quantitative estimate of drug-likeness (QED) is 0.466. The van der Waals surface area contributed by atoms with Gasteiger partial charge in [0.25, 0.3) is 0 Å². The van der Waals surface area contributed by atoms with E-state index < -0.39 is 5.92 Å². The van der Waals surface area contributed by atoms with E-state index in [4.69, 9.17) is 17.0 Å². The summed E-state index contributed by atoms with van der Waals surface area (Å²) in [7, 11) is 0. The number of benzene rings is 3. The number of ether oxygens (including phenoxy) is 1. The number of Topliss-reactive ketones (excluding diaryl/α,β-unsaturated/α-hetero) is 1. The van der Waals surface area contributed by atoms with Gasteiger partial charge in [0.05, 0.1) is 12.0 Å². The predicted octanol–water partition coefficient (Wildman–Crippen LogP) is 5.01. The summed E-state index contributed by atoms with van der Waals surface area (Å²) >= 11 is 5.33. The first-order chi connectivity index (χ1) is 14.1. The largest absolute Gasteiger partial charge is 0.457 e. The van der Waals surface area contributed by atoms with Crippen LogP contribution in [0.25, 0.3) is 0 Å². The van der Waals surface area contributed by atoms with Crippen molar-refractivity contribution in [1.82, 2.24) is 10.6 Å². The van der Waals surface area contributed by atoms with Gasteiger partial charge in [0.15, 0.2) is 10.9 Å². The molecule has 0 spiro atoms. The van der Waals surface area contributed by atoms with Crippen molar-refractivity contribution in [3.8, 4) is 11.5 Å². The van der Waals surface area contributed by atoms with Crippen LogP contribution in [0.2, 0.25) is 0 Å². The van der Waals surface area contributed by atoms with Crippen molar-refractivity contribution in [1.29, 1.82) is 0 Å². The minimum atomic E-state index is -0.504. The third kappa shape index (κ3) is 4.20. The summed E-state index contributed by atoms with van der Waals surface area (Å²) < 4.78 is 5.96. The molecule has 0 amide bonds. The Kier molecular flexibility index (Phi) is 5.40. The first-order valence-electron chi connectivity index (χ1n) is 9.30. The first-order valence-corrected chi connectivity index (χ1v) is 9.71. The van der Waals surface area contributed by atoms with Crippen LogP contribution in [0.5, 0.6) is 11.5 Å². The van der Waals surface area contributed by atoms with Crippen LogP contribution < -0.4 is 15.4 Å². The maximum absolute atomic E-state index is 13.3. The lowest BCUT2D eigenvalue weighted by atomic mass is 9.83. The molecule has 1 aliphatic heterocycles. The Bertz CT molecular complexity index is 1050. The molecule has 1 fully saturated rings. The summed E-state index contributed by atoms with van der Waals surface area (Å²) in [4.78, 5) is 13.3. The smallest absolute Gasteiger partial charge is 0.174 e. The highest BCUT2D eigenvalue weighted by Gasteiger charge is 2.37. The lowest BCUT2D eigenvalue weighted by Crippen LogP contribution is -2.50. The van der Waals surface area contributed by atoms with Crippen molar-refractivity contribution in [2.24, 2.45) is 5.92 Å². The molecule has 2 N–H and O–H groups in total. The Morgan fingerprint density at radius 2 is 1.55 bits per heavy atom. The summed E-state index contributed by atoms with van der Waals surface area (Å²) in [5.74, 6) is 0.921. The van der Waals surface area contributed by atoms with Crippen molar-refractivity contribution >= 4 is 23.1 Å². The zero-order valence-corrected chi connectivity index (χ0v) is 16.5. The second-order valence-electron chi connectivity index (χ2n) is 6.80. The van der Waals surface area contributed by atoms with Gasteiger partial charge in [-0.25, -0.2) is 0 Å². The van der Waals surface area contributed by atoms with Crippen LogP contribution in [0.3, 0.4) is 0 Å². The van der Waals surface area contributed by atoms with E-state index in [-0.39, 0.29) is 11.8 Å². The van der Waals surface area contributed by atoms with Crippen LogP contribution in [0.1, 0.15) is 22.0 Å². The van der Waals surface area contributed by atoms with E-state index in [9.17, 15) is 4.79 Å². The van der Waals surface area contributed by atoms with E-state index in [0.717, 1.165) is 11.3 Å². The fourth-order valence-corrected chi connectivity index (χ4v) is 3.71. The number of carbonyl (C=O) groups excluding carboxylic acids is 1. The molecule has 144 valence electrons. The average Bonchev–Trinajstić information content (AvgIpc) is 2.74. The average molecular weight is 401 g/mol. The Labute approximate surface area is 175 Å². The molecule has 0 aromatic heterocycles. The molecule has 1 heterocycles. The minimum Gasteiger partial charge on any atom is -0.457 e. The van der Waals surface area contributed by atoms with Crippen LogP contribution in [0.15, 0.2) is 97.2 Å². The number of thiocarbonyl (C=S) groups is 1. The molecule has 0 aliphatic carbocycles. The normalized spacial score (nSPS) is 18.5. The third-order valence-corrected chi connectivity index (χ3v) is 5.03. The summed E-state index contributed by atoms with van der Waals surface area (Å²) in [6.07, 6.45) is 0. The Balaban J connectivity index is 1.67. The zero-order chi connectivity index (χ0) is 20.2. The Morgan fingerprint density at radius 1 is 0.897 bits per heavy atom. The summed E-state index contributed by atoms with van der Waals surface area (Å²) in [6, 6.07) is 26.1. The molecule has 5 heteroatoms. The van der Waals surface area contributed by atoms with Crippen LogP contribution in [0, 0.1) is 5.92 Å². The molecule has 3 aromatic rings. The van der Waals surface area contributed by atoms with Gasteiger partial charge in [-0.15, -0.1) is 0 Å². The molecule has 0 unspecified atom stereocenters. The number of rotatable bonds is 5. The standard InChI is InChI=1S/C24H20N2O2S/c1-16-21(23(27)17-9-4-2-5-10-17)22(26-24(29)25-16)18-11-8-14-20(15-18)28-19-12-6-3-7-13-19/h2-15,21-22H,1H2,(H2,25,26,29)/t21-,22-/m1/s1. The molecular formula is C24H20N2O2S. The lowest BCUT2D eigenvalue weighted by Gasteiger charge is -2.35. The fraction of sp³-hybridized carbons (Fsp3) is 0.0833.